The molecule has 0 atom stereocenters. The third-order valence-corrected chi connectivity index (χ3v) is 3.97. The number of halogens is 1. The summed E-state index contributed by atoms with van der Waals surface area (Å²) in [4.78, 5) is 28.0. The van der Waals surface area contributed by atoms with Gasteiger partial charge in [0, 0.05) is 24.0 Å². The molecule has 0 saturated carbocycles. The fourth-order valence-electron chi connectivity index (χ4n) is 2.56. The van der Waals surface area contributed by atoms with Gasteiger partial charge < -0.3 is 15.4 Å². The normalized spacial score (nSPS) is 10.2. The number of nitrogens with zero attached hydrogens (tertiary/aromatic N) is 1. The smallest absolute Gasteiger partial charge is 0.337 e. The van der Waals surface area contributed by atoms with Crippen LogP contribution in [0.15, 0.2) is 67.0 Å². The number of hydrogen-bond donors (Lipinski definition) is 2. The van der Waals surface area contributed by atoms with Gasteiger partial charge in [-0.1, -0.05) is 24.3 Å². The first kappa shape index (κ1) is 19.0. The minimum absolute atomic E-state index is 0.0737. The molecule has 28 heavy (non-hydrogen) atoms. The highest BCUT2D eigenvalue weighted by atomic mass is 19.1. The number of anilines is 2. The first-order valence-corrected chi connectivity index (χ1v) is 8.49. The number of nitrogens with one attached hydrogen (secondary N) is 2. The van der Waals surface area contributed by atoms with Crippen LogP contribution in [0.5, 0.6) is 0 Å². The average Bonchev–Trinajstić information content (AvgIpc) is 2.72. The van der Waals surface area contributed by atoms with E-state index in [1.54, 1.807) is 54.7 Å². The number of rotatable bonds is 6. The zero-order valence-electron chi connectivity index (χ0n) is 15.1. The molecule has 3 aromatic rings. The first-order valence-electron chi connectivity index (χ1n) is 8.49. The lowest BCUT2D eigenvalue weighted by molar-refractivity contribution is 0.0600. The highest BCUT2D eigenvalue weighted by molar-refractivity contribution is 5.95. The minimum atomic E-state index is -0.442. The van der Waals surface area contributed by atoms with E-state index in [1.807, 2.05) is 0 Å². The molecule has 1 heterocycles. The van der Waals surface area contributed by atoms with Crippen molar-refractivity contribution in [2.75, 3.05) is 12.4 Å². The van der Waals surface area contributed by atoms with Gasteiger partial charge in [0.25, 0.3) is 5.91 Å². The van der Waals surface area contributed by atoms with Crippen molar-refractivity contribution in [2.24, 2.45) is 0 Å². The molecule has 0 aliphatic rings. The molecule has 7 heteroatoms. The Morgan fingerprint density at radius 3 is 2.57 bits per heavy atom. The third-order valence-electron chi connectivity index (χ3n) is 3.97. The first-order chi connectivity index (χ1) is 13.6. The Kier molecular flexibility index (Phi) is 5.96. The lowest BCUT2D eigenvalue weighted by Gasteiger charge is -2.10. The molecular weight excluding hydrogens is 361 g/mol. The van der Waals surface area contributed by atoms with Crippen molar-refractivity contribution in [3.8, 4) is 0 Å². The molecule has 1 aromatic heterocycles. The number of methoxy groups -OCH3 is 1. The highest BCUT2D eigenvalue weighted by Gasteiger charge is 2.10. The summed E-state index contributed by atoms with van der Waals surface area (Å²) >= 11 is 0. The molecule has 0 unspecified atom stereocenters. The second kappa shape index (κ2) is 8.77. The predicted octanol–water partition coefficient (Wildman–Crippen LogP) is 3.68. The largest absolute Gasteiger partial charge is 0.465 e. The van der Waals surface area contributed by atoms with Gasteiger partial charge in [0.2, 0.25) is 0 Å². The SMILES string of the molecule is COC(=O)c1cccc(Nc2cncc(C(=O)NCc3ccccc3F)c2)c1. The van der Waals surface area contributed by atoms with E-state index in [-0.39, 0.29) is 18.3 Å². The van der Waals surface area contributed by atoms with E-state index in [0.29, 0.717) is 28.1 Å². The fourth-order valence-corrected chi connectivity index (χ4v) is 2.56. The van der Waals surface area contributed by atoms with Crippen LogP contribution in [-0.4, -0.2) is 24.0 Å². The van der Waals surface area contributed by atoms with Crippen molar-refractivity contribution in [1.29, 1.82) is 0 Å². The summed E-state index contributed by atoms with van der Waals surface area (Å²) in [6, 6.07) is 14.6. The minimum Gasteiger partial charge on any atom is -0.465 e. The Bertz CT molecular complexity index is 1010. The molecule has 0 saturated heterocycles. The Hall–Kier alpha value is -3.74. The molecule has 3 rings (SSSR count). The standard InChI is InChI=1S/C21H18FN3O3/c1-28-21(27)14-6-4-7-17(9-14)25-18-10-16(11-23-13-18)20(26)24-12-15-5-2-3-8-19(15)22/h2-11,13,25H,12H2,1H3,(H,24,26). The van der Waals surface area contributed by atoms with Gasteiger partial charge in [0.1, 0.15) is 5.82 Å². The van der Waals surface area contributed by atoms with E-state index in [2.05, 4.69) is 15.6 Å². The zero-order valence-corrected chi connectivity index (χ0v) is 15.1. The van der Waals surface area contributed by atoms with Gasteiger partial charge in [-0.05, 0) is 30.3 Å². The molecule has 2 N–H and O–H groups in total. The number of esters is 1. The van der Waals surface area contributed by atoms with Gasteiger partial charge >= 0.3 is 5.97 Å². The van der Waals surface area contributed by atoms with E-state index < -0.39 is 5.97 Å². The van der Waals surface area contributed by atoms with E-state index in [1.165, 1.54) is 19.4 Å². The summed E-state index contributed by atoms with van der Waals surface area (Å²) in [5, 5.41) is 5.76. The Balaban J connectivity index is 1.69. The van der Waals surface area contributed by atoms with Crippen molar-refractivity contribution in [2.45, 2.75) is 6.54 Å². The van der Waals surface area contributed by atoms with Crippen LogP contribution in [0.3, 0.4) is 0 Å². The van der Waals surface area contributed by atoms with Crippen LogP contribution in [0.2, 0.25) is 0 Å². The number of ether oxygens (including phenoxy) is 1. The fraction of sp³-hybridized carbons (Fsp3) is 0.0952. The Morgan fingerprint density at radius 1 is 1.00 bits per heavy atom. The van der Waals surface area contributed by atoms with Crippen LogP contribution in [0.4, 0.5) is 15.8 Å². The summed E-state index contributed by atoms with van der Waals surface area (Å²) in [5.41, 5.74) is 2.34. The molecule has 6 nitrogen and oxygen atoms in total. The number of hydrogen-bond acceptors (Lipinski definition) is 5. The van der Waals surface area contributed by atoms with E-state index in [9.17, 15) is 14.0 Å². The number of aromatic nitrogens is 1. The summed E-state index contributed by atoms with van der Waals surface area (Å²) in [7, 11) is 1.32. The zero-order chi connectivity index (χ0) is 19.9. The van der Waals surface area contributed by atoms with Crippen LogP contribution in [0.25, 0.3) is 0 Å². The Morgan fingerprint density at radius 2 is 1.79 bits per heavy atom. The summed E-state index contributed by atoms with van der Waals surface area (Å²) in [6.45, 7) is 0.0737. The summed E-state index contributed by atoms with van der Waals surface area (Å²) < 4.78 is 18.4. The molecule has 0 fully saturated rings. The number of pyridine rings is 1. The van der Waals surface area contributed by atoms with E-state index >= 15 is 0 Å². The van der Waals surface area contributed by atoms with Crippen LogP contribution in [0.1, 0.15) is 26.3 Å². The molecule has 2 aromatic carbocycles. The molecule has 0 bridgehead atoms. The number of carbonyl (C=O) groups excluding carboxylic acids is 2. The van der Waals surface area contributed by atoms with Gasteiger partial charge in [-0.3, -0.25) is 9.78 Å². The van der Waals surface area contributed by atoms with Gasteiger partial charge in [0.15, 0.2) is 0 Å². The Labute approximate surface area is 161 Å². The molecule has 142 valence electrons. The van der Waals surface area contributed by atoms with Crippen LogP contribution in [0, 0.1) is 5.82 Å². The van der Waals surface area contributed by atoms with Gasteiger partial charge in [-0.15, -0.1) is 0 Å². The number of benzene rings is 2. The van der Waals surface area contributed by atoms with Crippen molar-refractivity contribution < 1.29 is 18.7 Å². The van der Waals surface area contributed by atoms with Crippen LogP contribution in [-0.2, 0) is 11.3 Å². The number of amides is 1. The number of carbonyl (C=O) groups is 2. The lowest BCUT2D eigenvalue weighted by atomic mass is 10.2. The summed E-state index contributed by atoms with van der Waals surface area (Å²) in [6.07, 6.45) is 2.98. The molecular formula is C21H18FN3O3. The monoisotopic (exact) mass is 379 g/mol. The second-order valence-electron chi connectivity index (χ2n) is 5.93. The molecule has 0 spiro atoms. The van der Waals surface area contributed by atoms with Crippen LogP contribution >= 0.6 is 0 Å². The second-order valence-corrected chi connectivity index (χ2v) is 5.93. The lowest BCUT2D eigenvalue weighted by Crippen LogP contribution is -2.23. The van der Waals surface area contributed by atoms with Gasteiger partial charge in [0.05, 0.1) is 30.1 Å². The predicted molar refractivity (Wildman–Crippen MR) is 103 cm³/mol. The van der Waals surface area contributed by atoms with Crippen molar-refractivity contribution >= 4 is 23.3 Å². The van der Waals surface area contributed by atoms with E-state index in [4.69, 9.17) is 4.74 Å². The third kappa shape index (κ3) is 4.70. The maximum atomic E-state index is 13.7. The van der Waals surface area contributed by atoms with Gasteiger partial charge in [-0.2, -0.15) is 0 Å². The molecule has 0 aliphatic heterocycles. The average molecular weight is 379 g/mol. The van der Waals surface area contributed by atoms with Crippen molar-refractivity contribution in [3.63, 3.8) is 0 Å². The topological polar surface area (TPSA) is 80.3 Å². The van der Waals surface area contributed by atoms with Gasteiger partial charge in [-0.25, -0.2) is 9.18 Å². The maximum absolute atomic E-state index is 13.7. The van der Waals surface area contributed by atoms with Crippen molar-refractivity contribution in [1.82, 2.24) is 10.3 Å². The van der Waals surface area contributed by atoms with E-state index in [0.717, 1.165) is 0 Å². The van der Waals surface area contributed by atoms with Crippen LogP contribution < -0.4 is 10.6 Å². The highest BCUT2D eigenvalue weighted by Crippen LogP contribution is 2.18. The molecule has 0 radical (unpaired) electrons. The van der Waals surface area contributed by atoms with Crippen molar-refractivity contribution in [3.05, 3.63) is 89.5 Å². The molecule has 0 aliphatic carbocycles. The molecule has 1 amide bonds. The summed E-state index contributed by atoms with van der Waals surface area (Å²) in [5.74, 6) is -1.19. The maximum Gasteiger partial charge on any atom is 0.337 e. The quantitative estimate of drug-likeness (QED) is 0.639.